The van der Waals surface area contributed by atoms with Crippen LogP contribution in [0.3, 0.4) is 0 Å². The highest BCUT2D eigenvalue weighted by Crippen LogP contribution is 2.26. The van der Waals surface area contributed by atoms with Crippen LogP contribution in [0.4, 0.5) is 0 Å². The summed E-state index contributed by atoms with van der Waals surface area (Å²) in [6, 6.07) is 8.16. The molecule has 0 radical (unpaired) electrons. The van der Waals surface area contributed by atoms with E-state index in [1.807, 2.05) is 25.1 Å². The highest BCUT2D eigenvalue weighted by atomic mass is 32.2. The second-order valence-corrected chi connectivity index (χ2v) is 5.09. The van der Waals surface area contributed by atoms with Crippen LogP contribution in [0.5, 0.6) is 0 Å². The van der Waals surface area contributed by atoms with Gasteiger partial charge in [0.25, 0.3) is 0 Å². The van der Waals surface area contributed by atoms with Gasteiger partial charge in [0.05, 0.1) is 16.8 Å². The summed E-state index contributed by atoms with van der Waals surface area (Å²) >= 11 is 1.62. The molecule has 5 nitrogen and oxygen atoms in total. The summed E-state index contributed by atoms with van der Waals surface area (Å²) in [5, 5.41) is 4.77. The van der Waals surface area contributed by atoms with Crippen molar-refractivity contribution in [2.24, 2.45) is 0 Å². The topological polar surface area (TPSA) is 56.7 Å². The first-order valence-corrected chi connectivity index (χ1v) is 7.13. The van der Waals surface area contributed by atoms with Gasteiger partial charge in [0.15, 0.2) is 11.0 Å². The first-order chi connectivity index (χ1) is 9.28. The zero-order valence-electron chi connectivity index (χ0n) is 10.8. The van der Waals surface area contributed by atoms with Gasteiger partial charge in [-0.05, 0) is 26.0 Å². The standard InChI is InChI=1S/C13H14N4OS/c1-3-17-11-7-5-4-6-10(11)15-13(17)19-8-12-14-9(2)16-18-12/h4-7H,3,8H2,1-2H3. The summed E-state index contributed by atoms with van der Waals surface area (Å²) in [6.07, 6.45) is 0. The number of hydrogen-bond acceptors (Lipinski definition) is 5. The van der Waals surface area contributed by atoms with Crippen molar-refractivity contribution in [2.75, 3.05) is 0 Å². The number of aryl methyl sites for hydroxylation is 2. The molecule has 0 amide bonds. The van der Waals surface area contributed by atoms with Gasteiger partial charge in [-0.2, -0.15) is 4.98 Å². The van der Waals surface area contributed by atoms with Crippen molar-refractivity contribution in [3.8, 4) is 0 Å². The maximum absolute atomic E-state index is 5.11. The second kappa shape index (κ2) is 5.05. The van der Waals surface area contributed by atoms with E-state index in [0.29, 0.717) is 17.5 Å². The van der Waals surface area contributed by atoms with E-state index in [-0.39, 0.29) is 0 Å². The van der Waals surface area contributed by atoms with Crippen LogP contribution >= 0.6 is 11.8 Å². The third kappa shape index (κ3) is 2.35. The lowest BCUT2D eigenvalue weighted by Crippen LogP contribution is -1.96. The van der Waals surface area contributed by atoms with E-state index in [1.54, 1.807) is 11.8 Å². The number of aromatic nitrogens is 4. The van der Waals surface area contributed by atoms with Gasteiger partial charge in [0.2, 0.25) is 5.89 Å². The van der Waals surface area contributed by atoms with Crippen molar-refractivity contribution < 1.29 is 4.52 Å². The van der Waals surface area contributed by atoms with Crippen LogP contribution in [-0.2, 0) is 12.3 Å². The molecule has 0 saturated carbocycles. The molecule has 0 spiro atoms. The lowest BCUT2D eigenvalue weighted by atomic mass is 10.3. The Balaban J connectivity index is 1.87. The summed E-state index contributed by atoms with van der Waals surface area (Å²) < 4.78 is 7.31. The fourth-order valence-corrected chi connectivity index (χ4v) is 2.91. The third-order valence-electron chi connectivity index (χ3n) is 2.83. The molecule has 0 atom stereocenters. The first kappa shape index (κ1) is 12.2. The van der Waals surface area contributed by atoms with Gasteiger partial charge < -0.3 is 9.09 Å². The van der Waals surface area contributed by atoms with Crippen molar-refractivity contribution in [1.82, 2.24) is 19.7 Å². The summed E-state index contributed by atoms with van der Waals surface area (Å²) in [5.41, 5.74) is 2.18. The molecule has 3 rings (SSSR count). The largest absolute Gasteiger partial charge is 0.338 e. The van der Waals surface area contributed by atoms with E-state index >= 15 is 0 Å². The van der Waals surface area contributed by atoms with Gasteiger partial charge in [-0.1, -0.05) is 29.1 Å². The third-order valence-corrected chi connectivity index (χ3v) is 3.79. The van der Waals surface area contributed by atoms with Crippen LogP contribution in [0.1, 0.15) is 18.6 Å². The van der Waals surface area contributed by atoms with Crippen LogP contribution in [0, 0.1) is 6.92 Å². The van der Waals surface area contributed by atoms with Crippen LogP contribution in [-0.4, -0.2) is 19.7 Å². The number of hydrogen-bond donors (Lipinski definition) is 0. The van der Waals surface area contributed by atoms with Crippen molar-refractivity contribution >= 4 is 22.8 Å². The van der Waals surface area contributed by atoms with Crippen LogP contribution in [0.25, 0.3) is 11.0 Å². The number of nitrogens with zero attached hydrogens (tertiary/aromatic N) is 4. The zero-order valence-corrected chi connectivity index (χ0v) is 11.6. The Kier molecular flexibility index (Phi) is 3.25. The SMILES string of the molecule is CCn1c(SCc2nc(C)no2)nc2ccccc21. The Labute approximate surface area is 115 Å². The molecule has 0 fully saturated rings. The fourth-order valence-electron chi connectivity index (χ4n) is 1.99. The molecule has 0 aliphatic carbocycles. The molecule has 98 valence electrons. The minimum atomic E-state index is 0.636. The Bertz CT molecular complexity index is 704. The maximum Gasteiger partial charge on any atom is 0.237 e. The summed E-state index contributed by atoms with van der Waals surface area (Å²) in [6.45, 7) is 4.83. The summed E-state index contributed by atoms with van der Waals surface area (Å²) in [5.74, 6) is 1.95. The van der Waals surface area contributed by atoms with E-state index in [2.05, 4.69) is 32.7 Å². The summed E-state index contributed by atoms with van der Waals surface area (Å²) in [7, 11) is 0. The Morgan fingerprint density at radius 1 is 1.26 bits per heavy atom. The Hall–Kier alpha value is -1.82. The van der Waals surface area contributed by atoms with E-state index in [9.17, 15) is 0 Å². The number of benzene rings is 1. The quantitative estimate of drug-likeness (QED) is 0.684. The second-order valence-electron chi connectivity index (χ2n) is 4.15. The smallest absolute Gasteiger partial charge is 0.237 e. The Morgan fingerprint density at radius 2 is 2.11 bits per heavy atom. The van der Waals surface area contributed by atoms with E-state index in [1.165, 1.54) is 0 Å². The highest BCUT2D eigenvalue weighted by Gasteiger charge is 2.11. The van der Waals surface area contributed by atoms with Gasteiger partial charge in [0.1, 0.15) is 0 Å². The van der Waals surface area contributed by atoms with E-state index < -0.39 is 0 Å². The number of para-hydroxylation sites is 2. The molecule has 0 saturated heterocycles. The zero-order chi connectivity index (χ0) is 13.2. The molecule has 0 unspecified atom stereocenters. The first-order valence-electron chi connectivity index (χ1n) is 6.15. The van der Waals surface area contributed by atoms with E-state index in [4.69, 9.17) is 4.52 Å². The molecule has 0 aliphatic rings. The molecule has 1 aromatic carbocycles. The number of thioether (sulfide) groups is 1. The number of fused-ring (bicyclic) bond motifs is 1. The van der Waals surface area contributed by atoms with Gasteiger partial charge in [0, 0.05) is 6.54 Å². The molecule has 3 aromatic rings. The number of imidazole rings is 1. The average molecular weight is 274 g/mol. The lowest BCUT2D eigenvalue weighted by molar-refractivity contribution is 0.387. The molecule has 0 N–H and O–H groups in total. The molecule has 6 heteroatoms. The predicted molar refractivity (Wildman–Crippen MR) is 74.0 cm³/mol. The summed E-state index contributed by atoms with van der Waals surface area (Å²) in [4.78, 5) is 8.84. The van der Waals surface area contributed by atoms with E-state index in [0.717, 1.165) is 22.7 Å². The normalized spacial score (nSPS) is 11.3. The lowest BCUT2D eigenvalue weighted by Gasteiger charge is -2.03. The van der Waals surface area contributed by atoms with Crippen LogP contribution in [0.15, 0.2) is 33.9 Å². The fraction of sp³-hybridized carbons (Fsp3) is 0.308. The highest BCUT2D eigenvalue weighted by molar-refractivity contribution is 7.98. The van der Waals surface area contributed by atoms with Crippen molar-refractivity contribution in [2.45, 2.75) is 31.3 Å². The van der Waals surface area contributed by atoms with Crippen molar-refractivity contribution in [3.63, 3.8) is 0 Å². The van der Waals surface area contributed by atoms with Crippen molar-refractivity contribution in [1.29, 1.82) is 0 Å². The molecular weight excluding hydrogens is 260 g/mol. The van der Waals surface area contributed by atoms with Gasteiger partial charge in [-0.25, -0.2) is 4.98 Å². The molecule has 2 heterocycles. The minimum absolute atomic E-state index is 0.636. The van der Waals surface area contributed by atoms with Crippen LogP contribution in [0.2, 0.25) is 0 Å². The molecular formula is C13H14N4OS. The van der Waals surface area contributed by atoms with Gasteiger partial charge in [-0.15, -0.1) is 0 Å². The van der Waals surface area contributed by atoms with Gasteiger partial charge in [-0.3, -0.25) is 0 Å². The average Bonchev–Trinajstić information content (AvgIpc) is 2.99. The maximum atomic E-state index is 5.11. The Morgan fingerprint density at radius 3 is 2.84 bits per heavy atom. The van der Waals surface area contributed by atoms with Crippen molar-refractivity contribution in [3.05, 3.63) is 36.0 Å². The molecule has 19 heavy (non-hydrogen) atoms. The molecule has 0 bridgehead atoms. The number of rotatable bonds is 4. The van der Waals surface area contributed by atoms with Crippen LogP contribution < -0.4 is 0 Å². The minimum Gasteiger partial charge on any atom is -0.338 e. The monoisotopic (exact) mass is 274 g/mol. The van der Waals surface area contributed by atoms with Gasteiger partial charge >= 0.3 is 0 Å². The molecule has 0 aliphatic heterocycles. The molecule has 2 aromatic heterocycles. The predicted octanol–water partition coefficient (Wildman–Crippen LogP) is 3.04.